The molecule has 0 bridgehead atoms. The number of hydrogen-bond acceptors (Lipinski definition) is 3. The molecule has 3 nitrogen and oxygen atoms in total. The van der Waals surface area contributed by atoms with Crippen LogP contribution in [0.3, 0.4) is 0 Å². The summed E-state index contributed by atoms with van der Waals surface area (Å²) in [6.45, 7) is 2.86. The number of nitrogens with two attached hydrogens (primary N) is 1. The first-order chi connectivity index (χ1) is 8.99. The lowest BCUT2D eigenvalue weighted by molar-refractivity contribution is -0.137. The fourth-order valence-corrected chi connectivity index (χ4v) is 2.17. The van der Waals surface area contributed by atoms with Gasteiger partial charge in [-0.25, -0.2) is 0 Å². The third-order valence-electron chi connectivity index (χ3n) is 3.15. The summed E-state index contributed by atoms with van der Waals surface area (Å²) in [5, 5.41) is 0. The topological polar surface area (TPSA) is 38.5 Å². The van der Waals surface area contributed by atoms with Crippen LogP contribution in [0.25, 0.3) is 0 Å². The highest BCUT2D eigenvalue weighted by Crippen LogP contribution is 2.29. The Labute approximate surface area is 110 Å². The highest BCUT2D eigenvalue weighted by molar-refractivity contribution is 5.25. The summed E-state index contributed by atoms with van der Waals surface area (Å²) in [6, 6.07) is 5.44. The van der Waals surface area contributed by atoms with Gasteiger partial charge < -0.3 is 10.5 Å². The van der Waals surface area contributed by atoms with E-state index in [1.807, 2.05) is 0 Å². The standard InChI is InChI=1S/C13H17F3N2O/c14-13(15,16)11-3-1-2-10(6-11)8-18-4-5-19-12(7-17)9-18/h1-3,6,12H,4-5,7-9,17H2/t12-/m1/s1. The first-order valence-corrected chi connectivity index (χ1v) is 6.19. The Bertz CT molecular complexity index is 423. The number of benzene rings is 1. The van der Waals surface area contributed by atoms with Crippen molar-refractivity contribution in [2.75, 3.05) is 26.2 Å². The summed E-state index contributed by atoms with van der Waals surface area (Å²) in [6.07, 6.45) is -4.32. The molecule has 19 heavy (non-hydrogen) atoms. The van der Waals surface area contributed by atoms with E-state index in [0.29, 0.717) is 38.3 Å². The smallest absolute Gasteiger partial charge is 0.374 e. The molecule has 1 aromatic carbocycles. The van der Waals surface area contributed by atoms with Gasteiger partial charge >= 0.3 is 6.18 Å². The van der Waals surface area contributed by atoms with Gasteiger partial charge in [0, 0.05) is 26.2 Å². The summed E-state index contributed by atoms with van der Waals surface area (Å²) in [5.74, 6) is 0. The molecule has 0 spiro atoms. The van der Waals surface area contributed by atoms with E-state index in [-0.39, 0.29) is 6.10 Å². The molecular weight excluding hydrogens is 257 g/mol. The van der Waals surface area contributed by atoms with Crippen LogP contribution in [0.1, 0.15) is 11.1 Å². The molecule has 1 atom stereocenters. The number of halogens is 3. The average Bonchev–Trinajstić information content (AvgIpc) is 2.38. The molecule has 1 aliphatic rings. The SMILES string of the molecule is NC[C@@H]1CN(Cc2cccc(C(F)(F)F)c2)CCO1. The van der Waals surface area contributed by atoms with Gasteiger partial charge in [0.1, 0.15) is 0 Å². The second kappa shape index (κ2) is 5.90. The van der Waals surface area contributed by atoms with E-state index < -0.39 is 11.7 Å². The minimum Gasteiger partial charge on any atom is -0.374 e. The molecule has 1 saturated heterocycles. The van der Waals surface area contributed by atoms with Crippen molar-refractivity contribution in [3.63, 3.8) is 0 Å². The monoisotopic (exact) mass is 274 g/mol. The molecule has 6 heteroatoms. The molecule has 1 aromatic rings. The summed E-state index contributed by atoms with van der Waals surface area (Å²) in [5.41, 5.74) is 5.60. The zero-order valence-corrected chi connectivity index (χ0v) is 10.5. The number of nitrogens with zero attached hydrogens (tertiary/aromatic N) is 1. The highest BCUT2D eigenvalue weighted by atomic mass is 19.4. The number of rotatable bonds is 3. The Hall–Kier alpha value is -1.11. The molecule has 1 aliphatic heterocycles. The van der Waals surface area contributed by atoms with Gasteiger partial charge in [-0.05, 0) is 11.6 Å². The van der Waals surface area contributed by atoms with Crippen LogP contribution in [0, 0.1) is 0 Å². The molecule has 0 amide bonds. The minimum atomic E-state index is -4.29. The van der Waals surface area contributed by atoms with Crippen LogP contribution in [0.5, 0.6) is 0 Å². The van der Waals surface area contributed by atoms with Crippen molar-refractivity contribution >= 4 is 0 Å². The summed E-state index contributed by atoms with van der Waals surface area (Å²) in [7, 11) is 0. The largest absolute Gasteiger partial charge is 0.416 e. The van der Waals surface area contributed by atoms with Crippen LogP contribution in [-0.4, -0.2) is 37.2 Å². The summed E-state index contributed by atoms with van der Waals surface area (Å²) in [4.78, 5) is 2.07. The van der Waals surface area contributed by atoms with E-state index in [1.165, 1.54) is 12.1 Å². The average molecular weight is 274 g/mol. The Morgan fingerprint density at radius 1 is 1.37 bits per heavy atom. The lowest BCUT2D eigenvalue weighted by Crippen LogP contribution is -2.45. The molecule has 1 heterocycles. The molecule has 0 radical (unpaired) electrons. The Balaban J connectivity index is 2.03. The van der Waals surface area contributed by atoms with E-state index in [0.717, 1.165) is 6.07 Å². The first-order valence-electron chi connectivity index (χ1n) is 6.19. The maximum absolute atomic E-state index is 12.6. The fourth-order valence-electron chi connectivity index (χ4n) is 2.17. The fraction of sp³-hybridized carbons (Fsp3) is 0.538. The number of hydrogen-bond donors (Lipinski definition) is 1. The molecule has 1 fully saturated rings. The van der Waals surface area contributed by atoms with Crippen molar-refractivity contribution < 1.29 is 17.9 Å². The first kappa shape index (κ1) is 14.3. The summed E-state index contributed by atoms with van der Waals surface area (Å²) < 4.78 is 43.3. The van der Waals surface area contributed by atoms with Crippen molar-refractivity contribution in [3.05, 3.63) is 35.4 Å². The molecule has 2 rings (SSSR count). The third kappa shape index (κ3) is 3.92. The van der Waals surface area contributed by atoms with E-state index in [2.05, 4.69) is 4.90 Å². The van der Waals surface area contributed by atoms with Crippen molar-refractivity contribution in [2.24, 2.45) is 5.73 Å². The van der Waals surface area contributed by atoms with Crippen LogP contribution in [0.4, 0.5) is 13.2 Å². The zero-order chi connectivity index (χ0) is 13.9. The van der Waals surface area contributed by atoms with Crippen LogP contribution < -0.4 is 5.73 Å². The minimum absolute atomic E-state index is 0.0282. The van der Waals surface area contributed by atoms with Gasteiger partial charge in [-0.3, -0.25) is 4.90 Å². The van der Waals surface area contributed by atoms with Gasteiger partial charge in [0.15, 0.2) is 0 Å². The molecule has 0 unspecified atom stereocenters. The second-order valence-corrected chi connectivity index (χ2v) is 4.66. The normalized spacial score (nSPS) is 21.6. The quantitative estimate of drug-likeness (QED) is 0.914. The lowest BCUT2D eigenvalue weighted by Gasteiger charge is -2.32. The Kier molecular flexibility index (Phi) is 4.44. The van der Waals surface area contributed by atoms with Crippen molar-refractivity contribution in [2.45, 2.75) is 18.8 Å². The van der Waals surface area contributed by atoms with Gasteiger partial charge in [0.05, 0.1) is 18.3 Å². The van der Waals surface area contributed by atoms with Crippen LogP contribution >= 0.6 is 0 Å². The van der Waals surface area contributed by atoms with E-state index in [9.17, 15) is 13.2 Å². The molecular formula is C13H17F3N2O. The number of alkyl halides is 3. The van der Waals surface area contributed by atoms with Gasteiger partial charge in [-0.15, -0.1) is 0 Å². The molecule has 0 aliphatic carbocycles. The predicted molar refractivity (Wildman–Crippen MR) is 65.5 cm³/mol. The van der Waals surface area contributed by atoms with Crippen LogP contribution in [-0.2, 0) is 17.5 Å². The Morgan fingerprint density at radius 3 is 2.84 bits per heavy atom. The zero-order valence-electron chi connectivity index (χ0n) is 10.5. The van der Waals surface area contributed by atoms with Crippen molar-refractivity contribution in [1.29, 1.82) is 0 Å². The van der Waals surface area contributed by atoms with Gasteiger partial charge in [-0.2, -0.15) is 13.2 Å². The molecule has 0 saturated carbocycles. The van der Waals surface area contributed by atoms with E-state index >= 15 is 0 Å². The van der Waals surface area contributed by atoms with Crippen molar-refractivity contribution in [3.8, 4) is 0 Å². The predicted octanol–water partition coefficient (Wildman–Crippen LogP) is 1.86. The lowest BCUT2D eigenvalue weighted by atomic mass is 10.1. The summed E-state index contributed by atoms with van der Waals surface area (Å²) >= 11 is 0. The van der Waals surface area contributed by atoms with Crippen LogP contribution in [0.2, 0.25) is 0 Å². The van der Waals surface area contributed by atoms with Gasteiger partial charge in [-0.1, -0.05) is 18.2 Å². The third-order valence-corrected chi connectivity index (χ3v) is 3.15. The van der Waals surface area contributed by atoms with Crippen LogP contribution in [0.15, 0.2) is 24.3 Å². The van der Waals surface area contributed by atoms with E-state index in [4.69, 9.17) is 10.5 Å². The van der Waals surface area contributed by atoms with Gasteiger partial charge in [0.2, 0.25) is 0 Å². The number of ether oxygens (including phenoxy) is 1. The number of morpholine rings is 1. The molecule has 0 aromatic heterocycles. The maximum atomic E-state index is 12.6. The maximum Gasteiger partial charge on any atom is 0.416 e. The molecule has 2 N–H and O–H groups in total. The van der Waals surface area contributed by atoms with Gasteiger partial charge in [0.25, 0.3) is 0 Å². The molecule has 106 valence electrons. The second-order valence-electron chi connectivity index (χ2n) is 4.66. The highest BCUT2D eigenvalue weighted by Gasteiger charge is 2.30. The Morgan fingerprint density at radius 2 is 2.16 bits per heavy atom. The van der Waals surface area contributed by atoms with Crippen molar-refractivity contribution in [1.82, 2.24) is 4.90 Å². The van der Waals surface area contributed by atoms with E-state index in [1.54, 1.807) is 6.07 Å².